The van der Waals surface area contributed by atoms with E-state index in [1.807, 2.05) is 47.2 Å². The molecule has 1 N–H and O–H groups in total. The highest BCUT2D eigenvalue weighted by molar-refractivity contribution is 7.07. The first kappa shape index (κ1) is 14.5. The minimum absolute atomic E-state index is 0.000547. The van der Waals surface area contributed by atoms with Crippen molar-refractivity contribution < 1.29 is 4.79 Å². The van der Waals surface area contributed by atoms with Crippen LogP contribution in [0.1, 0.15) is 17.2 Å². The van der Waals surface area contributed by atoms with Gasteiger partial charge in [-0.05, 0) is 28.0 Å². The van der Waals surface area contributed by atoms with Gasteiger partial charge in [0.05, 0.1) is 31.4 Å². The first-order valence-corrected chi connectivity index (χ1v) is 7.95. The predicted octanol–water partition coefficient (Wildman–Crippen LogP) is 2.44. The Hall–Kier alpha value is -2.47. The molecule has 112 valence electrons. The molecular weight excluding hydrogens is 296 g/mol. The smallest absolute Gasteiger partial charge is 0.224 e. The highest BCUT2D eigenvalue weighted by Gasteiger charge is 2.16. The van der Waals surface area contributed by atoms with Gasteiger partial charge < -0.3 is 5.32 Å². The number of hydrogen-bond acceptors (Lipinski definition) is 4. The Morgan fingerprint density at radius 1 is 1.18 bits per heavy atom. The van der Waals surface area contributed by atoms with Gasteiger partial charge in [0, 0.05) is 0 Å². The molecule has 0 aliphatic carbocycles. The van der Waals surface area contributed by atoms with Gasteiger partial charge in [-0.25, -0.2) is 0 Å². The molecule has 2 aromatic heterocycles. The van der Waals surface area contributed by atoms with Gasteiger partial charge >= 0.3 is 0 Å². The second kappa shape index (κ2) is 7.00. The molecule has 1 atom stereocenters. The average Bonchev–Trinajstić information content (AvgIpc) is 3.21. The van der Waals surface area contributed by atoms with Gasteiger partial charge in [-0.3, -0.25) is 4.79 Å². The normalized spacial score (nSPS) is 12.0. The quantitative estimate of drug-likeness (QED) is 0.760. The number of benzene rings is 1. The number of carbonyl (C=O) groups is 1. The van der Waals surface area contributed by atoms with E-state index in [4.69, 9.17) is 0 Å². The van der Waals surface area contributed by atoms with Gasteiger partial charge in [0.1, 0.15) is 0 Å². The standard InChI is InChI=1S/C16H16N4OS/c21-16(10-13-6-9-22-12-13)19-15(11-20-17-7-8-18-20)14-4-2-1-3-5-14/h1-9,12,15H,10-11H2,(H,19,21). The zero-order chi connectivity index (χ0) is 15.2. The van der Waals surface area contributed by atoms with E-state index in [0.29, 0.717) is 13.0 Å². The number of thiophene rings is 1. The van der Waals surface area contributed by atoms with Crippen molar-refractivity contribution in [3.8, 4) is 0 Å². The molecule has 0 bridgehead atoms. The molecule has 3 rings (SSSR count). The molecular formula is C16H16N4OS. The maximum Gasteiger partial charge on any atom is 0.224 e. The van der Waals surface area contributed by atoms with Crippen LogP contribution in [0.4, 0.5) is 0 Å². The molecule has 0 spiro atoms. The Kier molecular flexibility index (Phi) is 4.60. The van der Waals surface area contributed by atoms with E-state index in [2.05, 4.69) is 15.5 Å². The third-order valence-electron chi connectivity index (χ3n) is 3.29. The van der Waals surface area contributed by atoms with Gasteiger partial charge in [0.15, 0.2) is 0 Å². The molecule has 1 aromatic carbocycles. The van der Waals surface area contributed by atoms with Crippen LogP contribution in [0.15, 0.2) is 59.6 Å². The SMILES string of the molecule is O=C(Cc1ccsc1)NC(Cn1nccn1)c1ccccc1. The lowest BCUT2D eigenvalue weighted by Gasteiger charge is -2.18. The largest absolute Gasteiger partial charge is 0.347 e. The van der Waals surface area contributed by atoms with E-state index in [0.717, 1.165) is 11.1 Å². The van der Waals surface area contributed by atoms with Gasteiger partial charge in [0.25, 0.3) is 0 Å². The molecule has 0 fully saturated rings. The first-order chi connectivity index (χ1) is 10.8. The van der Waals surface area contributed by atoms with Gasteiger partial charge in [-0.1, -0.05) is 30.3 Å². The molecule has 5 nitrogen and oxygen atoms in total. The van der Waals surface area contributed by atoms with Crippen LogP contribution in [0, 0.1) is 0 Å². The molecule has 2 heterocycles. The number of nitrogens with one attached hydrogen (secondary N) is 1. The van der Waals surface area contributed by atoms with E-state index < -0.39 is 0 Å². The van der Waals surface area contributed by atoms with Crippen LogP contribution in [0.5, 0.6) is 0 Å². The monoisotopic (exact) mass is 312 g/mol. The maximum absolute atomic E-state index is 12.3. The Balaban J connectivity index is 1.72. The van der Waals surface area contributed by atoms with Gasteiger partial charge in [-0.2, -0.15) is 26.3 Å². The van der Waals surface area contributed by atoms with Crippen molar-refractivity contribution in [3.63, 3.8) is 0 Å². The third kappa shape index (κ3) is 3.79. The summed E-state index contributed by atoms with van der Waals surface area (Å²) in [5.74, 6) is -0.000547. The summed E-state index contributed by atoms with van der Waals surface area (Å²) in [4.78, 5) is 13.9. The summed E-state index contributed by atoms with van der Waals surface area (Å²) in [6.07, 6.45) is 3.66. The van der Waals surface area contributed by atoms with Crippen molar-refractivity contribution in [1.29, 1.82) is 0 Å². The molecule has 0 aliphatic heterocycles. The molecule has 0 saturated heterocycles. The fraction of sp³-hybridized carbons (Fsp3) is 0.188. The highest BCUT2D eigenvalue weighted by Crippen LogP contribution is 2.15. The van der Waals surface area contributed by atoms with Crippen LogP contribution in [0.2, 0.25) is 0 Å². The van der Waals surface area contributed by atoms with E-state index >= 15 is 0 Å². The fourth-order valence-corrected chi connectivity index (χ4v) is 2.91. The number of hydrogen-bond donors (Lipinski definition) is 1. The fourth-order valence-electron chi connectivity index (χ4n) is 2.24. The van der Waals surface area contributed by atoms with Crippen molar-refractivity contribution >= 4 is 17.2 Å². The minimum Gasteiger partial charge on any atom is -0.347 e. The van der Waals surface area contributed by atoms with Crippen LogP contribution in [-0.2, 0) is 17.8 Å². The van der Waals surface area contributed by atoms with E-state index in [1.165, 1.54) is 0 Å². The second-order valence-electron chi connectivity index (χ2n) is 4.92. The molecule has 1 unspecified atom stereocenters. The summed E-state index contributed by atoms with van der Waals surface area (Å²) in [5.41, 5.74) is 2.07. The van der Waals surface area contributed by atoms with Crippen LogP contribution >= 0.6 is 11.3 Å². The van der Waals surface area contributed by atoms with E-state index in [9.17, 15) is 4.79 Å². The molecule has 1 amide bonds. The molecule has 0 radical (unpaired) electrons. The lowest BCUT2D eigenvalue weighted by molar-refractivity contribution is -0.121. The van der Waals surface area contributed by atoms with Crippen LogP contribution in [0.25, 0.3) is 0 Å². The number of aromatic nitrogens is 3. The van der Waals surface area contributed by atoms with Crippen molar-refractivity contribution in [2.75, 3.05) is 0 Å². The van der Waals surface area contributed by atoms with E-state index in [-0.39, 0.29) is 11.9 Å². The molecule has 0 aliphatic rings. The molecule has 0 saturated carbocycles. The number of amides is 1. The lowest BCUT2D eigenvalue weighted by Crippen LogP contribution is -2.33. The average molecular weight is 312 g/mol. The summed E-state index contributed by atoms with van der Waals surface area (Å²) in [7, 11) is 0. The molecule has 22 heavy (non-hydrogen) atoms. The maximum atomic E-state index is 12.3. The Morgan fingerprint density at radius 2 is 1.95 bits per heavy atom. The zero-order valence-corrected chi connectivity index (χ0v) is 12.7. The summed E-state index contributed by atoms with van der Waals surface area (Å²) < 4.78 is 0. The van der Waals surface area contributed by atoms with E-state index in [1.54, 1.807) is 28.5 Å². The Bertz CT molecular complexity index is 695. The summed E-state index contributed by atoms with van der Waals surface area (Å²) >= 11 is 1.60. The van der Waals surface area contributed by atoms with Gasteiger partial charge in [0.2, 0.25) is 5.91 Å². The second-order valence-corrected chi connectivity index (χ2v) is 5.70. The highest BCUT2D eigenvalue weighted by atomic mass is 32.1. The topological polar surface area (TPSA) is 59.8 Å². The van der Waals surface area contributed by atoms with Crippen molar-refractivity contribution in [1.82, 2.24) is 20.3 Å². The number of carbonyl (C=O) groups excluding carboxylic acids is 1. The Labute approximate surface area is 132 Å². The predicted molar refractivity (Wildman–Crippen MR) is 85.4 cm³/mol. The third-order valence-corrected chi connectivity index (χ3v) is 4.03. The van der Waals surface area contributed by atoms with Crippen LogP contribution in [-0.4, -0.2) is 20.9 Å². The lowest BCUT2D eigenvalue weighted by atomic mass is 10.1. The number of rotatable bonds is 6. The van der Waals surface area contributed by atoms with Crippen LogP contribution in [0.3, 0.4) is 0 Å². The minimum atomic E-state index is -0.153. The summed E-state index contributed by atoms with van der Waals surface area (Å²) in [6, 6.07) is 11.7. The van der Waals surface area contributed by atoms with Gasteiger partial charge in [-0.15, -0.1) is 0 Å². The first-order valence-electron chi connectivity index (χ1n) is 7.01. The van der Waals surface area contributed by atoms with Crippen molar-refractivity contribution in [2.24, 2.45) is 0 Å². The Morgan fingerprint density at radius 3 is 2.64 bits per heavy atom. The van der Waals surface area contributed by atoms with Crippen molar-refractivity contribution in [2.45, 2.75) is 19.0 Å². The summed E-state index contributed by atoms with van der Waals surface area (Å²) in [6.45, 7) is 0.506. The van der Waals surface area contributed by atoms with Crippen molar-refractivity contribution in [3.05, 3.63) is 70.7 Å². The zero-order valence-electron chi connectivity index (χ0n) is 11.9. The molecule has 3 aromatic rings. The van der Waals surface area contributed by atoms with Crippen LogP contribution < -0.4 is 5.32 Å². The summed E-state index contributed by atoms with van der Waals surface area (Å²) in [5, 5.41) is 15.3. The molecule has 6 heteroatoms. The number of nitrogens with zero attached hydrogens (tertiary/aromatic N) is 3.